The van der Waals surface area contributed by atoms with E-state index >= 15 is 0 Å². The predicted molar refractivity (Wildman–Crippen MR) is 58.3 cm³/mol. The molecule has 0 radical (unpaired) electrons. The summed E-state index contributed by atoms with van der Waals surface area (Å²) in [4.78, 5) is 0. The van der Waals surface area contributed by atoms with Gasteiger partial charge in [0.25, 0.3) is 0 Å². The number of hydrogen-bond donors (Lipinski definition) is 0. The molecule has 1 aliphatic heterocycles. The van der Waals surface area contributed by atoms with Crippen LogP contribution >= 0.6 is 0 Å². The maximum absolute atomic E-state index is 8.61. The highest BCUT2D eigenvalue weighted by Gasteiger charge is 2.26. The van der Waals surface area contributed by atoms with Crippen molar-refractivity contribution in [1.82, 2.24) is 0 Å². The van der Waals surface area contributed by atoms with E-state index in [2.05, 4.69) is 25.1 Å². The van der Waals surface area contributed by atoms with E-state index in [1.165, 1.54) is 11.1 Å². The third-order valence-corrected chi connectivity index (χ3v) is 2.96. The van der Waals surface area contributed by atoms with Crippen LogP contribution in [0.15, 0.2) is 24.3 Å². The molecule has 0 bridgehead atoms. The Bertz CT molecular complexity index is 380. The number of hydrogen-bond acceptors (Lipinski definition) is 2. The smallest absolute Gasteiger partial charge is 0.0832 e. The monoisotopic (exact) mass is 201 g/mol. The summed E-state index contributed by atoms with van der Waals surface area (Å²) in [5.41, 5.74) is 2.55. The molecule has 15 heavy (non-hydrogen) atoms. The van der Waals surface area contributed by atoms with Crippen molar-refractivity contribution in [3.63, 3.8) is 0 Å². The average molecular weight is 201 g/mol. The van der Waals surface area contributed by atoms with E-state index in [1.54, 1.807) is 0 Å². The fraction of sp³-hybridized carbons (Fsp3) is 0.462. The summed E-state index contributed by atoms with van der Waals surface area (Å²) in [7, 11) is 0. The minimum absolute atomic E-state index is 0.139. The minimum atomic E-state index is 0.139. The third kappa shape index (κ3) is 2.19. The van der Waals surface area contributed by atoms with Gasteiger partial charge >= 0.3 is 0 Å². The molecule has 0 amide bonds. The first-order chi connectivity index (χ1) is 7.31. The highest BCUT2D eigenvalue weighted by Crippen LogP contribution is 2.35. The first kappa shape index (κ1) is 10.2. The van der Waals surface area contributed by atoms with Crippen LogP contribution < -0.4 is 0 Å². The second-order valence-electron chi connectivity index (χ2n) is 4.04. The van der Waals surface area contributed by atoms with Crippen molar-refractivity contribution >= 4 is 0 Å². The Labute approximate surface area is 90.5 Å². The van der Waals surface area contributed by atoms with Crippen molar-refractivity contribution in [1.29, 1.82) is 5.26 Å². The zero-order valence-corrected chi connectivity index (χ0v) is 8.94. The molecule has 1 fully saturated rings. The summed E-state index contributed by atoms with van der Waals surface area (Å²) in [5.74, 6) is 0. The van der Waals surface area contributed by atoms with Gasteiger partial charge in [-0.25, -0.2) is 0 Å². The third-order valence-electron chi connectivity index (χ3n) is 2.96. The van der Waals surface area contributed by atoms with Gasteiger partial charge in [0.2, 0.25) is 0 Å². The molecule has 0 unspecified atom stereocenters. The van der Waals surface area contributed by atoms with Crippen molar-refractivity contribution in [2.24, 2.45) is 0 Å². The van der Waals surface area contributed by atoms with Crippen LogP contribution in [0.4, 0.5) is 0 Å². The molecule has 2 nitrogen and oxygen atoms in total. The summed E-state index contributed by atoms with van der Waals surface area (Å²) in [5, 5.41) is 8.61. The Balaban J connectivity index is 2.08. The van der Waals surface area contributed by atoms with Crippen molar-refractivity contribution in [2.75, 3.05) is 0 Å². The second-order valence-corrected chi connectivity index (χ2v) is 4.04. The molecule has 0 aliphatic carbocycles. The van der Waals surface area contributed by atoms with Gasteiger partial charge in [-0.05, 0) is 30.9 Å². The summed E-state index contributed by atoms with van der Waals surface area (Å²) in [6.07, 6.45) is 2.90. The fourth-order valence-electron chi connectivity index (χ4n) is 2.13. The lowest BCUT2D eigenvalue weighted by atomic mass is 10.0. The normalized spacial score (nSPS) is 25.1. The Morgan fingerprint density at radius 3 is 2.93 bits per heavy atom. The van der Waals surface area contributed by atoms with Crippen LogP contribution in [0.3, 0.4) is 0 Å². The summed E-state index contributed by atoms with van der Waals surface area (Å²) in [6.45, 7) is 2.11. The molecule has 1 aromatic carbocycles. The maximum atomic E-state index is 8.61. The largest absolute Gasteiger partial charge is 0.369 e. The molecular formula is C13H15NO. The average Bonchev–Trinajstić information content (AvgIpc) is 2.68. The molecule has 2 atom stereocenters. The van der Waals surface area contributed by atoms with Crippen LogP contribution in [0, 0.1) is 18.3 Å². The Morgan fingerprint density at radius 1 is 1.40 bits per heavy atom. The summed E-state index contributed by atoms with van der Waals surface area (Å²) < 4.78 is 5.85. The lowest BCUT2D eigenvalue weighted by Crippen LogP contribution is -2.05. The van der Waals surface area contributed by atoms with Gasteiger partial charge < -0.3 is 4.74 Å². The Morgan fingerprint density at radius 2 is 2.20 bits per heavy atom. The lowest BCUT2D eigenvalue weighted by Gasteiger charge is -2.14. The van der Waals surface area contributed by atoms with Gasteiger partial charge in [0.15, 0.2) is 0 Å². The van der Waals surface area contributed by atoms with Crippen LogP contribution in [0.1, 0.15) is 36.5 Å². The van der Waals surface area contributed by atoms with Crippen molar-refractivity contribution in [3.8, 4) is 6.07 Å². The van der Waals surface area contributed by atoms with Crippen LogP contribution in [0.5, 0.6) is 0 Å². The van der Waals surface area contributed by atoms with E-state index in [0.29, 0.717) is 6.42 Å². The van der Waals surface area contributed by atoms with Gasteiger partial charge in [0.05, 0.1) is 24.7 Å². The molecule has 0 spiro atoms. The highest BCUT2D eigenvalue weighted by atomic mass is 16.5. The first-order valence-corrected chi connectivity index (χ1v) is 5.39. The Hall–Kier alpha value is -1.33. The standard InChI is InChI=1S/C13H15NO/c1-10-4-2-3-5-12(10)13-7-6-11(15-13)8-9-14/h2-5,11,13H,6-8H2,1H3/t11-,13-/m0/s1. The molecule has 1 saturated heterocycles. The van der Waals surface area contributed by atoms with Crippen molar-refractivity contribution < 1.29 is 4.74 Å². The van der Waals surface area contributed by atoms with Gasteiger partial charge in [-0.3, -0.25) is 0 Å². The zero-order valence-electron chi connectivity index (χ0n) is 8.94. The number of rotatable bonds is 2. The SMILES string of the molecule is Cc1ccccc1[C@@H]1CC[C@@H](CC#N)O1. The molecule has 1 heterocycles. The number of benzene rings is 1. The van der Waals surface area contributed by atoms with Gasteiger partial charge in [-0.2, -0.15) is 5.26 Å². The number of nitrogens with zero attached hydrogens (tertiary/aromatic N) is 1. The van der Waals surface area contributed by atoms with Gasteiger partial charge in [0, 0.05) is 0 Å². The van der Waals surface area contributed by atoms with E-state index in [9.17, 15) is 0 Å². The molecule has 1 aliphatic rings. The van der Waals surface area contributed by atoms with Gasteiger partial charge in [-0.1, -0.05) is 24.3 Å². The molecule has 78 valence electrons. The molecule has 1 aromatic rings. The van der Waals surface area contributed by atoms with E-state index in [0.717, 1.165) is 12.8 Å². The molecule has 0 saturated carbocycles. The topological polar surface area (TPSA) is 33.0 Å². The van der Waals surface area contributed by atoms with E-state index in [1.807, 2.05) is 12.1 Å². The number of nitriles is 1. The number of aryl methyl sites for hydroxylation is 1. The highest BCUT2D eigenvalue weighted by molar-refractivity contribution is 5.28. The van der Waals surface area contributed by atoms with Gasteiger partial charge in [-0.15, -0.1) is 0 Å². The fourth-order valence-corrected chi connectivity index (χ4v) is 2.13. The van der Waals surface area contributed by atoms with Crippen molar-refractivity contribution in [3.05, 3.63) is 35.4 Å². The van der Waals surface area contributed by atoms with E-state index in [4.69, 9.17) is 10.00 Å². The van der Waals surface area contributed by atoms with Gasteiger partial charge in [0.1, 0.15) is 0 Å². The van der Waals surface area contributed by atoms with Crippen LogP contribution in [0.2, 0.25) is 0 Å². The van der Waals surface area contributed by atoms with Crippen LogP contribution in [-0.4, -0.2) is 6.10 Å². The van der Waals surface area contributed by atoms with Crippen LogP contribution in [0.25, 0.3) is 0 Å². The zero-order chi connectivity index (χ0) is 10.7. The summed E-state index contributed by atoms with van der Waals surface area (Å²) in [6, 6.07) is 10.5. The maximum Gasteiger partial charge on any atom is 0.0832 e. The molecule has 0 aromatic heterocycles. The number of ether oxygens (including phenoxy) is 1. The first-order valence-electron chi connectivity index (χ1n) is 5.39. The Kier molecular flexibility index (Phi) is 3.03. The van der Waals surface area contributed by atoms with E-state index in [-0.39, 0.29) is 12.2 Å². The second kappa shape index (κ2) is 4.46. The molecule has 0 N–H and O–H groups in total. The molecule has 2 heteroatoms. The quantitative estimate of drug-likeness (QED) is 0.736. The van der Waals surface area contributed by atoms with Crippen molar-refractivity contribution in [2.45, 2.75) is 38.4 Å². The summed E-state index contributed by atoms with van der Waals surface area (Å²) >= 11 is 0. The van der Waals surface area contributed by atoms with Crippen LogP contribution in [-0.2, 0) is 4.74 Å². The molecular weight excluding hydrogens is 186 g/mol. The minimum Gasteiger partial charge on any atom is -0.369 e. The lowest BCUT2D eigenvalue weighted by molar-refractivity contribution is 0.0472. The van der Waals surface area contributed by atoms with E-state index < -0.39 is 0 Å². The predicted octanol–water partition coefficient (Wildman–Crippen LogP) is 3.13. The molecule has 2 rings (SSSR count).